The lowest BCUT2D eigenvalue weighted by atomic mass is 9.93. The highest BCUT2D eigenvalue weighted by Crippen LogP contribution is 2.34. The first-order valence-electron chi connectivity index (χ1n) is 9.82. The van der Waals surface area contributed by atoms with E-state index in [4.69, 9.17) is 14.2 Å². The van der Waals surface area contributed by atoms with Gasteiger partial charge in [0, 0.05) is 12.0 Å². The van der Waals surface area contributed by atoms with Crippen molar-refractivity contribution in [1.82, 2.24) is 4.90 Å². The molecule has 1 fully saturated rings. The predicted octanol–water partition coefficient (Wildman–Crippen LogP) is 4.52. The Balaban J connectivity index is 2.06. The van der Waals surface area contributed by atoms with Crippen molar-refractivity contribution in [2.75, 3.05) is 6.61 Å². The molecule has 0 spiro atoms. The minimum absolute atomic E-state index is 0.154. The van der Waals surface area contributed by atoms with Crippen molar-refractivity contribution < 1.29 is 23.8 Å². The van der Waals surface area contributed by atoms with Crippen LogP contribution in [-0.4, -0.2) is 41.4 Å². The summed E-state index contributed by atoms with van der Waals surface area (Å²) in [5.74, 6) is -0.382. The van der Waals surface area contributed by atoms with Crippen LogP contribution in [0.3, 0.4) is 0 Å². The van der Waals surface area contributed by atoms with Gasteiger partial charge in [-0.1, -0.05) is 51.1 Å². The lowest BCUT2D eigenvalue weighted by molar-refractivity contribution is -0.147. The van der Waals surface area contributed by atoms with Crippen molar-refractivity contribution in [2.45, 2.75) is 78.9 Å². The van der Waals surface area contributed by atoms with Crippen LogP contribution < -0.4 is 0 Å². The summed E-state index contributed by atoms with van der Waals surface area (Å²) in [5.41, 5.74) is 0.237. The fraction of sp³-hybridized carbons (Fsp3) is 0.636. The smallest absolute Gasteiger partial charge is 0.413 e. The zero-order valence-electron chi connectivity index (χ0n) is 17.9. The van der Waals surface area contributed by atoms with Gasteiger partial charge >= 0.3 is 12.1 Å². The van der Waals surface area contributed by atoms with Crippen molar-refractivity contribution in [3.63, 3.8) is 0 Å². The Morgan fingerprint density at radius 1 is 1.11 bits per heavy atom. The van der Waals surface area contributed by atoms with E-state index in [2.05, 4.69) is 0 Å². The maximum absolute atomic E-state index is 12.9. The Hall–Kier alpha value is -2.08. The van der Waals surface area contributed by atoms with Gasteiger partial charge in [0.1, 0.15) is 12.6 Å². The molecule has 0 aliphatic carbocycles. The van der Waals surface area contributed by atoms with Crippen LogP contribution in [0.5, 0.6) is 0 Å². The molecule has 1 aliphatic rings. The quantitative estimate of drug-likeness (QED) is 0.527. The van der Waals surface area contributed by atoms with Gasteiger partial charge < -0.3 is 14.2 Å². The number of hydrogen-bond donors (Lipinski definition) is 0. The van der Waals surface area contributed by atoms with Gasteiger partial charge in [0.25, 0.3) is 0 Å². The predicted molar refractivity (Wildman–Crippen MR) is 107 cm³/mol. The molecule has 0 unspecified atom stereocenters. The van der Waals surface area contributed by atoms with Crippen molar-refractivity contribution >= 4 is 12.1 Å². The third-order valence-electron chi connectivity index (χ3n) is 4.40. The van der Waals surface area contributed by atoms with Gasteiger partial charge in [-0.05, 0) is 39.2 Å². The maximum atomic E-state index is 12.9. The molecule has 2 atom stereocenters. The molecule has 2 rings (SSSR count). The van der Waals surface area contributed by atoms with E-state index in [1.54, 1.807) is 0 Å². The second kappa shape index (κ2) is 8.95. The molecule has 1 saturated heterocycles. The Labute approximate surface area is 168 Å². The van der Waals surface area contributed by atoms with Gasteiger partial charge in [-0.3, -0.25) is 4.90 Å². The second-order valence-corrected chi connectivity index (χ2v) is 9.22. The number of ether oxygens (including phenoxy) is 3. The number of benzene rings is 1. The number of carbonyl (C=O) groups excluding carboxylic acids is 2. The molecule has 0 radical (unpaired) electrons. The summed E-state index contributed by atoms with van der Waals surface area (Å²) in [7, 11) is 0. The van der Waals surface area contributed by atoms with E-state index in [9.17, 15) is 9.59 Å². The average molecular weight is 392 g/mol. The first-order valence-corrected chi connectivity index (χ1v) is 9.82. The topological polar surface area (TPSA) is 65.1 Å². The first kappa shape index (κ1) is 22.2. The molecule has 156 valence electrons. The van der Waals surface area contributed by atoms with Crippen LogP contribution in [0.25, 0.3) is 0 Å². The van der Waals surface area contributed by atoms with Crippen molar-refractivity contribution in [3.05, 3.63) is 35.9 Å². The Morgan fingerprint density at radius 3 is 2.32 bits per heavy atom. The molecule has 1 aliphatic heterocycles. The largest absolute Gasteiger partial charge is 0.444 e. The zero-order valence-corrected chi connectivity index (χ0v) is 17.9. The number of esters is 1. The number of amides is 1. The Morgan fingerprint density at radius 2 is 1.75 bits per heavy atom. The second-order valence-electron chi connectivity index (χ2n) is 9.22. The highest BCUT2D eigenvalue weighted by atomic mass is 16.6. The molecule has 0 N–H and O–H groups in total. The van der Waals surface area contributed by atoms with Gasteiger partial charge in [0.2, 0.25) is 0 Å². The molecular weight excluding hydrogens is 358 g/mol. The molecule has 28 heavy (non-hydrogen) atoms. The molecule has 1 amide bonds. The average Bonchev–Trinajstić information content (AvgIpc) is 2.94. The summed E-state index contributed by atoms with van der Waals surface area (Å²) in [4.78, 5) is 26.8. The highest BCUT2D eigenvalue weighted by Gasteiger charge is 2.50. The van der Waals surface area contributed by atoms with Crippen LogP contribution in [0.4, 0.5) is 4.79 Å². The summed E-state index contributed by atoms with van der Waals surface area (Å²) in [6.07, 6.45) is -0.0636. The van der Waals surface area contributed by atoms with Crippen molar-refractivity contribution in [1.29, 1.82) is 0 Å². The number of hydrogen-bond acceptors (Lipinski definition) is 5. The minimum atomic E-state index is -0.656. The number of nitrogens with zero attached hydrogens (tertiary/aromatic N) is 1. The van der Waals surface area contributed by atoms with Crippen LogP contribution in [0.15, 0.2) is 30.3 Å². The fourth-order valence-electron chi connectivity index (χ4n) is 3.05. The summed E-state index contributed by atoms with van der Waals surface area (Å²) >= 11 is 0. The van der Waals surface area contributed by atoms with E-state index in [1.165, 1.54) is 4.90 Å². The number of carbonyl (C=O) groups is 2. The van der Waals surface area contributed by atoms with Crippen molar-refractivity contribution in [2.24, 2.45) is 5.41 Å². The summed E-state index contributed by atoms with van der Waals surface area (Å²) in [6.45, 7) is 12.4. The van der Waals surface area contributed by atoms with Gasteiger partial charge in [-0.2, -0.15) is 0 Å². The van der Waals surface area contributed by atoms with E-state index in [0.717, 1.165) is 5.56 Å². The van der Waals surface area contributed by atoms with Crippen LogP contribution in [-0.2, 0) is 25.6 Å². The first-order chi connectivity index (χ1) is 13.0. The monoisotopic (exact) mass is 391 g/mol. The van der Waals surface area contributed by atoms with E-state index < -0.39 is 23.8 Å². The third-order valence-corrected chi connectivity index (χ3v) is 4.40. The SMILES string of the molecule is CC(C)(C)OCCC[C@H]1C(=O)O[C@@H](C(C)(C)C)N1C(=O)OCc1ccccc1. The lowest BCUT2D eigenvalue weighted by Gasteiger charge is -2.33. The van der Waals surface area contributed by atoms with Crippen LogP contribution in [0, 0.1) is 5.41 Å². The van der Waals surface area contributed by atoms with Crippen molar-refractivity contribution in [3.8, 4) is 0 Å². The molecule has 0 bridgehead atoms. The summed E-state index contributed by atoms with van der Waals surface area (Å²) < 4.78 is 16.8. The standard InChI is InChI=1S/C22H33NO5/c1-21(2,3)19-23(20(25)26-15-16-11-8-7-9-12-16)17(18(24)28-19)13-10-14-27-22(4,5)6/h7-9,11-12,17,19H,10,13-15H2,1-6H3/t17-,19-/m0/s1. The lowest BCUT2D eigenvalue weighted by Crippen LogP contribution is -2.48. The highest BCUT2D eigenvalue weighted by molar-refractivity contribution is 5.84. The number of cyclic esters (lactones) is 1. The molecule has 1 heterocycles. The Bertz CT molecular complexity index is 660. The van der Waals surface area contributed by atoms with Gasteiger partial charge in [0.15, 0.2) is 6.23 Å². The molecule has 0 saturated carbocycles. The van der Waals surface area contributed by atoms with Gasteiger partial charge in [-0.15, -0.1) is 0 Å². The Kier molecular flexibility index (Phi) is 7.10. The van der Waals surface area contributed by atoms with Gasteiger partial charge in [0.05, 0.1) is 5.60 Å². The molecule has 1 aromatic carbocycles. The van der Waals surface area contributed by atoms with Crippen LogP contribution >= 0.6 is 0 Å². The van der Waals surface area contributed by atoms with E-state index in [-0.39, 0.29) is 18.2 Å². The van der Waals surface area contributed by atoms with E-state index in [1.807, 2.05) is 71.9 Å². The maximum Gasteiger partial charge on any atom is 0.413 e. The third kappa shape index (κ3) is 6.23. The summed E-state index contributed by atoms with van der Waals surface area (Å²) in [5, 5.41) is 0. The molecular formula is C22H33NO5. The van der Waals surface area contributed by atoms with Crippen LogP contribution in [0.2, 0.25) is 0 Å². The van der Waals surface area contributed by atoms with E-state index in [0.29, 0.717) is 19.4 Å². The molecule has 0 aromatic heterocycles. The fourth-order valence-corrected chi connectivity index (χ4v) is 3.05. The minimum Gasteiger partial charge on any atom is -0.444 e. The summed E-state index contributed by atoms with van der Waals surface area (Å²) in [6, 6.07) is 8.81. The van der Waals surface area contributed by atoms with Crippen LogP contribution in [0.1, 0.15) is 59.9 Å². The zero-order chi connectivity index (χ0) is 20.9. The number of rotatable bonds is 6. The molecule has 1 aromatic rings. The molecule has 6 nitrogen and oxygen atoms in total. The van der Waals surface area contributed by atoms with Gasteiger partial charge in [-0.25, -0.2) is 9.59 Å². The molecule has 6 heteroatoms. The normalized spacial score (nSPS) is 20.2. The van der Waals surface area contributed by atoms with E-state index >= 15 is 0 Å².